The second-order valence-corrected chi connectivity index (χ2v) is 7.85. The summed E-state index contributed by atoms with van der Waals surface area (Å²) in [7, 11) is 0. The second-order valence-electron chi connectivity index (χ2n) is 7.44. The number of aldehydes is 1. The number of halogens is 1. The molecule has 1 saturated heterocycles. The van der Waals surface area contributed by atoms with Gasteiger partial charge in [0.05, 0.1) is 29.5 Å². The van der Waals surface area contributed by atoms with Crippen molar-refractivity contribution in [2.75, 3.05) is 31.6 Å². The number of amides is 1. The minimum Gasteiger partial charge on any atom is -0.381 e. The van der Waals surface area contributed by atoms with E-state index in [2.05, 4.69) is 15.3 Å². The molecule has 0 spiro atoms. The molecule has 4 rings (SSSR count). The van der Waals surface area contributed by atoms with Crippen LogP contribution in [0, 0.1) is 0 Å². The van der Waals surface area contributed by atoms with Crippen LogP contribution in [0.2, 0.25) is 5.02 Å². The zero-order chi connectivity index (χ0) is 21.1. The molecule has 0 saturated carbocycles. The quantitative estimate of drug-likeness (QED) is 0.650. The Balaban J connectivity index is 1.65. The molecule has 30 heavy (non-hydrogen) atoms. The maximum Gasteiger partial charge on any atom is 0.255 e. The number of carbonyl (C=O) groups is 2. The third-order valence-corrected chi connectivity index (χ3v) is 5.84. The van der Waals surface area contributed by atoms with Crippen LogP contribution in [-0.2, 0) is 9.53 Å². The minimum absolute atomic E-state index is 0.0426. The Morgan fingerprint density at radius 3 is 2.87 bits per heavy atom. The van der Waals surface area contributed by atoms with Crippen LogP contribution in [0.4, 0.5) is 5.95 Å². The predicted octanol–water partition coefficient (Wildman–Crippen LogP) is 2.43. The molecule has 1 atom stereocenters. The van der Waals surface area contributed by atoms with Crippen molar-refractivity contribution in [3.63, 3.8) is 0 Å². The van der Waals surface area contributed by atoms with Crippen molar-refractivity contribution in [2.45, 2.75) is 31.3 Å². The molecule has 3 heterocycles. The van der Waals surface area contributed by atoms with E-state index < -0.39 is 0 Å². The number of nitrogens with two attached hydrogens (primary N) is 1. The largest absolute Gasteiger partial charge is 0.381 e. The summed E-state index contributed by atoms with van der Waals surface area (Å²) in [5.41, 5.74) is 8.44. The normalized spacial score (nSPS) is 19.1. The van der Waals surface area contributed by atoms with Crippen LogP contribution in [-0.4, -0.2) is 59.4 Å². The number of hydrogen-bond acceptors (Lipinski definition) is 7. The van der Waals surface area contributed by atoms with E-state index >= 15 is 0 Å². The van der Waals surface area contributed by atoms with E-state index in [0.29, 0.717) is 48.4 Å². The molecule has 9 heteroatoms. The first-order valence-electron chi connectivity index (χ1n) is 10.1. The number of rotatable bonds is 7. The second kappa shape index (κ2) is 9.07. The van der Waals surface area contributed by atoms with E-state index in [-0.39, 0.29) is 24.5 Å². The summed E-state index contributed by atoms with van der Waals surface area (Å²) in [4.78, 5) is 34.4. The monoisotopic (exact) mass is 429 g/mol. The zero-order valence-corrected chi connectivity index (χ0v) is 17.3. The van der Waals surface area contributed by atoms with Crippen LogP contribution < -0.4 is 11.1 Å². The number of benzene rings is 1. The Labute approximate surface area is 179 Å². The Kier molecular flexibility index (Phi) is 6.26. The van der Waals surface area contributed by atoms with Gasteiger partial charge in [0.2, 0.25) is 5.95 Å². The first-order valence-corrected chi connectivity index (χ1v) is 10.5. The highest BCUT2D eigenvalue weighted by molar-refractivity contribution is 6.33. The molecule has 0 bridgehead atoms. The summed E-state index contributed by atoms with van der Waals surface area (Å²) in [6.07, 6.45) is 4.69. The minimum atomic E-state index is -0.191. The molecular weight excluding hydrogens is 406 g/mol. The molecule has 1 aromatic carbocycles. The van der Waals surface area contributed by atoms with E-state index in [1.807, 2.05) is 12.1 Å². The lowest BCUT2D eigenvalue weighted by Gasteiger charge is -2.23. The molecule has 0 aliphatic carbocycles. The van der Waals surface area contributed by atoms with Crippen LogP contribution in [0.1, 0.15) is 41.2 Å². The number of nitrogens with zero attached hydrogens (tertiary/aromatic N) is 3. The standard InChI is InChI=1S/C21H24ClN5O3/c22-17-12-24-21(25-14-4-9-30-10-5-14)26-19(17)13-1-2-15-16(11-13)20(29)27(7-8-28)18(15)3-6-23/h1-2,8,11-12,14,18H,3-7,9-10,23H2,(H,24,25,26). The van der Waals surface area contributed by atoms with Crippen molar-refractivity contribution in [2.24, 2.45) is 5.73 Å². The van der Waals surface area contributed by atoms with Crippen LogP contribution in [0.15, 0.2) is 24.4 Å². The maximum absolute atomic E-state index is 12.9. The average Bonchev–Trinajstić information content (AvgIpc) is 3.02. The van der Waals surface area contributed by atoms with E-state index in [9.17, 15) is 9.59 Å². The van der Waals surface area contributed by atoms with Crippen molar-refractivity contribution in [1.29, 1.82) is 0 Å². The van der Waals surface area contributed by atoms with Gasteiger partial charge in [0.1, 0.15) is 6.29 Å². The highest BCUT2D eigenvalue weighted by atomic mass is 35.5. The summed E-state index contributed by atoms with van der Waals surface area (Å²) in [6, 6.07) is 5.65. The van der Waals surface area contributed by atoms with Crippen molar-refractivity contribution in [3.05, 3.63) is 40.5 Å². The number of carbonyl (C=O) groups excluding carboxylic acids is 2. The molecule has 0 radical (unpaired) electrons. The Bertz CT molecular complexity index is 948. The summed E-state index contributed by atoms with van der Waals surface area (Å²) < 4.78 is 5.39. The predicted molar refractivity (Wildman–Crippen MR) is 113 cm³/mol. The van der Waals surface area contributed by atoms with Gasteiger partial charge in [0, 0.05) is 30.4 Å². The van der Waals surface area contributed by atoms with Crippen LogP contribution in [0.5, 0.6) is 0 Å². The fraction of sp³-hybridized carbons (Fsp3) is 0.429. The third-order valence-electron chi connectivity index (χ3n) is 5.56. The van der Waals surface area contributed by atoms with Gasteiger partial charge in [-0.3, -0.25) is 4.79 Å². The molecular formula is C21H24ClN5O3. The maximum atomic E-state index is 12.9. The van der Waals surface area contributed by atoms with Gasteiger partial charge >= 0.3 is 0 Å². The fourth-order valence-electron chi connectivity index (χ4n) is 4.07. The van der Waals surface area contributed by atoms with Gasteiger partial charge in [-0.1, -0.05) is 23.7 Å². The molecule has 2 aliphatic heterocycles. The van der Waals surface area contributed by atoms with Crippen molar-refractivity contribution in [1.82, 2.24) is 14.9 Å². The first-order chi connectivity index (χ1) is 14.6. The van der Waals surface area contributed by atoms with Crippen molar-refractivity contribution in [3.8, 4) is 11.3 Å². The first kappa shape index (κ1) is 20.7. The Hall–Kier alpha value is -2.55. The summed E-state index contributed by atoms with van der Waals surface area (Å²) in [5.74, 6) is 0.319. The van der Waals surface area contributed by atoms with Crippen molar-refractivity contribution < 1.29 is 14.3 Å². The topological polar surface area (TPSA) is 110 Å². The van der Waals surface area contributed by atoms with Gasteiger partial charge in [-0.2, -0.15) is 0 Å². The fourth-order valence-corrected chi connectivity index (χ4v) is 4.27. The molecule has 1 amide bonds. The number of aromatic nitrogens is 2. The SMILES string of the molecule is NCCC1c2ccc(-c3nc(NC4CCOCC4)ncc3Cl)cc2C(=O)N1CC=O. The van der Waals surface area contributed by atoms with E-state index in [1.165, 1.54) is 0 Å². The third kappa shape index (κ3) is 4.03. The Morgan fingerprint density at radius 2 is 2.13 bits per heavy atom. The van der Waals surface area contributed by atoms with Crippen LogP contribution in [0.25, 0.3) is 11.3 Å². The highest BCUT2D eigenvalue weighted by Crippen LogP contribution is 2.38. The number of nitrogens with one attached hydrogen (secondary N) is 1. The molecule has 8 nitrogen and oxygen atoms in total. The number of hydrogen-bond donors (Lipinski definition) is 2. The van der Waals surface area contributed by atoms with Gasteiger partial charge in [0.25, 0.3) is 5.91 Å². The Morgan fingerprint density at radius 1 is 1.33 bits per heavy atom. The molecule has 1 fully saturated rings. The molecule has 3 N–H and O–H groups in total. The highest BCUT2D eigenvalue weighted by Gasteiger charge is 2.36. The number of anilines is 1. The molecule has 1 unspecified atom stereocenters. The molecule has 158 valence electrons. The lowest BCUT2D eigenvalue weighted by Crippen LogP contribution is -2.31. The lowest BCUT2D eigenvalue weighted by atomic mass is 9.98. The van der Waals surface area contributed by atoms with Gasteiger partial charge in [-0.25, -0.2) is 9.97 Å². The van der Waals surface area contributed by atoms with E-state index in [0.717, 1.165) is 30.3 Å². The number of fused-ring (bicyclic) bond motifs is 1. The summed E-state index contributed by atoms with van der Waals surface area (Å²) in [5, 5.41) is 3.74. The van der Waals surface area contributed by atoms with Gasteiger partial charge in [-0.05, 0) is 37.4 Å². The molecule has 2 aromatic rings. The van der Waals surface area contributed by atoms with E-state index in [1.54, 1.807) is 17.2 Å². The van der Waals surface area contributed by atoms with E-state index in [4.69, 9.17) is 22.1 Å². The molecule has 2 aliphatic rings. The smallest absolute Gasteiger partial charge is 0.255 e. The summed E-state index contributed by atoms with van der Waals surface area (Å²) in [6.45, 7) is 1.90. The van der Waals surface area contributed by atoms with Crippen LogP contribution in [0.3, 0.4) is 0 Å². The lowest BCUT2D eigenvalue weighted by molar-refractivity contribution is -0.108. The molecule has 1 aromatic heterocycles. The van der Waals surface area contributed by atoms with Crippen molar-refractivity contribution >= 4 is 29.7 Å². The summed E-state index contributed by atoms with van der Waals surface area (Å²) >= 11 is 6.39. The van der Waals surface area contributed by atoms with Gasteiger partial charge < -0.3 is 25.5 Å². The van der Waals surface area contributed by atoms with Crippen LogP contribution >= 0.6 is 11.6 Å². The van der Waals surface area contributed by atoms with Gasteiger partial charge in [-0.15, -0.1) is 0 Å². The zero-order valence-electron chi connectivity index (χ0n) is 16.5. The van der Waals surface area contributed by atoms with Gasteiger partial charge in [0.15, 0.2) is 0 Å². The average molecular weight is 430 g/mol. The number of ether oxygens (including phenoxy) is 1.